The fourth-order valence-corrected chi connectivity index (χ4v) is 1.42. The van der Waals surface area contributed by atoms with Gasteiger partial charge in [-0.1, -0.05) is 29.9 Å². The van der Waals surface area contributed by atoms with E-state index in [0.717, 1.165) is 6.42 Å². The molecule has 1 unspecified atom stereocenters. The summed E-state index contributed by atoms with van der Waals surface area (Å²) in [6, 6.07) is 0. The van der Waals surface area contributed by atoms with Crippen LogP contribution in [0.3, 0.4) is 0 Å². The molecule has 0 bridgehead atoms. The Morgan fingerprint density at radius 2 is 2.46 bits per heavy atom. The largest absolute Gasteiger partial charge is 0.468 e. The maximum atomic E-state index is 5.89. The Morgan fingerprint density at radius 3 is 2.92 bits per heavy atom. The number of nitrogens with zero attached hydrogens (tertiary/aromatic N) is 1. The quantitative estimate of drug-likeness (QED) is 0.847. The lowest BCUT2D eigenvalue weighted by atomic mass is 10.0. The van der Waals surface area contributed by atoms with Crippen molar-refractivity contribution in [3.63, 3.8) is 0 Å². The third-order valence-electron chi connectivity index (χ3n) is 1.79. The molecule has 0 fully saturated rings. The number of thiazole rings is 1. The van der Waals surface area contributed by atoms with Crippen LogP contribution in [-0.2, 0) is 0 Å². The molecule has 0 spiro atoms. The first-order chi connectivity index (χ1) is 6.03. The maximum Gasteiger partial charge on any atom is 0.274 e. The molecule has 0 radical (unpaired) electrons. The summed E-state index contributed by atoms with van der Waals surface area (Å²) in [5.41, 5.74) is 5.60. The molecule has 3 nitrogen and oxygen atoms in total. The summed E-state index contributed by atoms with van der Waals surface area (Å²) in [6.45, 7) is 4.44. The zero-order valence-corrected chi connectivity index (χ0v) is 9.28. The average molecular weight is 221 g/mol. The van der Waals surface area contributed by atoms with Crippen LogP contribution in [0.1, 0.15) is 20.3 Å². The molecule has 2 N–H and O–H groups in total. The van der Waals surface area contributed by atoms with Gasteiger partial charge in [0.1, 0.15) is 11.8 Å². The topological polar surface area (TPSA) is 48.1 Å². The van der Waals surface area contributed by atoms with Crippen LogP contribution in [0.15, 0.2) is 5.38 Å². The number of aromatic nitrogens is 1. The van der Waals surface area contributed by atoms with Crippen molar-refractivity contribution in [3.05, 3.63) is 10.5 Å². The van der Waals surface area contributed by atoms with E-state index in [9.17, 15) is 0 Å². The van der Waals surface area contributed by atoms with Crippen LogP contribution >= 0.6 is 22.9 Å². The third-order valence-corrected chi connectivity index (χ3v) is 2.86. The van der Waals surface area contributed by atoms with Crippen LogP contribution in [0.2, 0.25) is 5.15 Å². The van der Waals surface area contributed by atoms with E-state index in [-0.39, 0.29) is 5.54 Å². The lowest BCUT2D eigenvalue weighted by molar-refractivity contribution is 0.225. The van der Waals surface area contributed by atoms with Crippen molar-refractivity contribution in [3.8, 4) is 5.19 Å². The summed E-state index contributed by atoms with van der Waals surface area (Å²) in [4.78, 5) is 3.95. The van der Waals surface area contributed by atoms with Crippen LogP contribution in [0.5, 0.6) is 5.19 Å². The number of rotatable bonds is 4. The van der Waals surface area contributed by atoms with Gasteiger partial charge in [0, 0.05) is 10.9 Å². The van der Waals surface area contributed by atoms with Gasteiger partial charge in [-0.25, -0.2) is 0 Å². The monoisotopic (exact) mass is 220 g/mol. The highest BCUT2D eigenvalue weighted by molar-refractivity contribution is 7.11. The molecule has 13 heavy (non-hydrogen) atoms. The summed E-state index contributed by atoms with van der Waals surface area (Å²) < 4.78 is 5.38. The number of ether oxygens (including phenoxy) is 1. The zero-order chi connectivity index (χ0) is 9.90. The molecule has 0 saturated carbocycles. The molecular weight excluding hydrogens is 208 g/mol. The van der Waals surface area contributed by atoms with Gasteiger partial charge in [-0.05, 0) is 13.3 Å². The fourth-order valence-electron chi connectivity index (χ4n) is 0.634. The number of halogens is 1. The van der Waals surface area contributed by atoms with E-state index >= 15 is 0 Å². The van der Waals surface area contributed by atoms with Gasteiger partial charge in [0.25, 0.3) is 5.19 Å². The highest BCUT2D eigenvalue weighted by Gasteiger charge is 2.17. The van der Waals surface area contributed by atoms with Gasteiger partial charge < -0.3 is 10.5 Å². The van der Waals surface area contributed by atoms with Gasteiger partial charge in [0.2, 0.25) is 0 Å². The van der Waals surface area contributed by atoms with Crippen molar-refractivity contribution in [1.29, 1.82) is 0 Å². The number of nitrogens with two attached hydrogens (primary N) is 1. The Morgan fingerprint density at radius 1 is 1.77 bits per heavy atom. The van der Waals surface area contributed by atoms with Crippen LogP contribution < -0.4 is 10.5 Å². The van der Waals surface area contributed by atoms with Crippen LogP contribution in [0.25, 0.3) is 0 Å². The average Bonchev–Trinajstić information content (AvgIpc) is 2.48. The molecular formula is C8H13ClN2OS. The Labute approximate surface area is 86.9 Å². The van der Waals surface area contributed by atoms with Crippen molar-refractivity contribution in [1.82, 2.24) is 4.98 Å². The fraction of sp³-hybridized carbons (Fsp3) is 0.625. The summed E-state index contributed by atoms with van der Waals surface area (Å²) in [5.74, 6) is 0. The Bertz CT molecular complexity index is 275. The zero-order valence-electron chi connectivity index (χ0n) is 7.71. The van der Waals surface area contributed by atoms with E-state index in [4.69, 9.17) is 22.1 Å². The lowest BCUT2D eigenvalue weighted by Crippen LogP contribution is -2.41. The molecule has 0 amide bonds. The van der Waals surface area contributed by atoms with Gasteiger partial charge in [-0.3, -0.25) is 0 Å². The second-order valence-electron chi connectivity index (χ2n) is 3.23. The molecule has 1 heterocycles. The van der Waals surface area contributed by atoms with E-state index in [1.807, 2.05) is 13.8 Å². The molecule has 1 aromatic heterocycles. The van der Waals surface area contributed by atoms with Crippen molar-refractivity contribution in [2.45, 2.75) is 25.8 Å². The first kappa shape index (κ1) is 10.8. The second kappa shape index (κ2) is 4.26. The van der Waals surface area contributed by atoms with Gasteiger partial charge in [0.05, 0.1) is 0 Å². The molecule has 0 aliphatic carbocycles. The molecule has 1 rings (SSSR count). The predicted octanol–water partition coefficient (Wildman–Crippen LogP) is 2.30. The maximum absolute atomic E-state index is 5.89. The van der Waals surface area contributed by atoms with Gasteiger partial charge >= 0.3 is 0 Å². The van der Waals surface area contributed by atoms with E-state index in [1.165, 1.54) is 11.3 Å². The van der Waals surface area contributed by atoms with Crippen molar-refractivity contribution in [2.24, 2.45) is 5.73 Å². The van der Waals surface area contributed by atoms with Gasteiger partial charge in [-0.15, -0.1) is 0 Å². The third kappa shape index (κ3) is 3.50. The van der Waals surface area contributed by atoms with Crippen molar-refractivity contribution < 1.29 is 4.74 Å². The summed E-state index contributed by atoms with van der Waals surface area (Å²) >= 11 is 7.01. The molecule has 0 saturated heterocycles. The second-order valence-corrected chi connectivity index (χ2v) is 4.44. The lowest BCUT2D eigenvalue weighted by Gasteiger charge is -2.21. The Balaban J connectivity index is 2.43. The smallest absolute Gasteiger partial charge is 0.274 e. The van der Waals surface area contributed by atoms with Crippen LogP contribution in [-0.4, -0.2) is 17.1 Å². The minimum atomic E-state index is -0.294. The number of hydrogen-bond donors (Lipinski definition) is 1. The molecule has 1 atom stereocenters. The highest BCUT2D eigenvalue weighted by atomic mass is 35.5. The number of hydrogen-bond acceptors (Lipinski definition) is 4. The first-order valence-electron chi connectivity index (χ1n) is 4.06. The minimum absolute atomic E-state index is 0.294. The van der Waals surface area contributed by atoms with E-state index in [1.54, 1.807) is 5.38 Å². The molecule has 0 aliphatic heterocycles. The Hall–Kier alpha value is -0.320. The minimum Gasteiger partial charge on any atom is -0.468 e. The van der Waals surface area contributed by atoms with E-state index in [2.05, 4.69) is 4.98 Å². The summed E-state index contributed by atoms with van der Waals surface area (Å²) in [6.07, 6.45) is 0.867. The van der Waals surface area contributed by atoms with Crippen molar-refractivity contribution in [2.75, 3.05) is 6.61 Å². The van der Waals surface area contributed by atoms with Gasteiger partial charge in [-0.2, -0.15) is 4.98 Å². The Kier molecular flexibility index (Phi) is 3.53. The SMILES string of the molecule is CCC(C)(N)COc1nc(Cl)cs1. The van der Waals surface area contributed by atoms with Gasteiger partial charge in [0.15, 0.2) is 0 Å². The van der Waals surface area contributed by atoms with E-state index in [0.29, 0.717) is 17.0 Å². The molecule has 5 heteroatoms. The molecule has 0 aliphatic rings. The normalized spacial score (nSPS) is 15.4. The molecule has 74 valence electrons. The van der Waals surface area contributed by atoms with E-state index < -0.39 is 0 Å². The van der Waals surface area contributed by atoms with Crippen LogP contribution in [0.4, 0.5) is 0 Å². The predicted molar refractivity (Wildman–Crippen MR) is 55.5 cm³/mol. The summed E-state index contributed by atoms with van der Waals surface area (Å²) in [5, 5.41) is 2.78. The summed E-state index contributed by atoms with van der Waals surface area (Å²) in [7, 11) is 0. The first-order valence-corrected chi connectivity index (χ1v) is 5.32. The standard InChI is InChI=1S/C8H13ClN2OS/c1-3-8(2,10)5-12-7-11-6(9)4-13-7/h4H,3,5,10H2,1-2H3. The molecule has 0 aromatic carbocycles. The molecule has 1 aromatic rings. The van der Waals surface area contributed by atoms with Crippen LogP contribution in [0, 0.1) is 0 Å². The van der Waals surface area contributed by atoms with Crippen molar-refractivity contribution >= 4 is 22.9 Å². The highest BCUT2D eigenvalue weighted by Crippen LogP contribution is 2.22.